The average Bonchev–Trinajstić information content (AvgIpc) is 3.16. The first kappa shape index (κ1) is 25.5. The Morgan fingerprint density at radius 1 is 1.24 bits per heavy atom. The molecule has 2 N–H and O–H groups in total. The van der Waals surface area contributed by atoms with Crippen LogP contribution in [-0.4, -0.2) is 41.9 Å². The number of aromatic nitrogens is 1. The number of benzene rings is 1. The Balaban J connectivity index is 1.79. The Bertz CT molecular complexity index is 1080. The molecule has 2 aromatic rings. The predicted octanol–water partition coefficient (Wildman–Crippen LogP) is 5.27. The zero-order chi connectivity index (χ0) is 24.5. The van der Waals surface area contributed by atoms with Crippen molar-refractivity contribution in [3.05, 3.63) is 51.6 Å². The van der Waals surface area contributed by atoms with Crippen molar-refractivity contribution in [2.45, 2.75) is 82.7 Å². The third-order valence-electron chi connectivity index (χ3n) is 6.56. The van der Waals surface area contributed by atoms with E-state index in [0.29, 0.717) is 18.7 Å². The van der Waals surface area contributed by atoms with Crippen LogP contribution in [0.3, 0.4) is 0 Å². The molecule has 0 unspecified atom stereocenters. The number of rotatable bonds is 6. The predicted molar refractivity (Wildman–Crippen MR) is 140 cm³/mol. The zero-order valence-electron chi connectivity index (χ0n) is 20.1. The van der Waals surface area contributed by atoms with Gasteiger partial charge in [-0.05, 0) is 63.8 Å². The van der Waals surface area contributed by atoms with Gasteiger partial charge in [-0.25, -0.2) is 13.5 Å². The van der Waals surface area contributed by atoms with Gasteiger partial charge in [0.05, 0.1) is 16.5 Å². The first-order valence-corrected chi connectivity index (χ1v) is 14.0. The number of carbonyl (C=O) groups is 1. The molecule has 1 saturated carbocycles. The Labute approximate surface area is 213 Å². The number of amides is 1. The van der Waals surface area contributed by atoms with Gasteiger partial charge in [0, 0.05) is 34.8 Å². The van der Waals surface area contributed by atoms with Crippen LogP contribution < -0.4 is 5.32 Å². The molecular formula is C26H34BrN3O3S. The first-order valence-electron chi connectivity index (χ1n) is 12.1. The van der Waals surface area contributed by atoms with Crippen LogP contribution in [0.1, 0.15) is 87.0 Å². The Morgan fingerprint density at radius 3 is 2.62 bits per heavy atom. The normalized spacial score (nSPS) is 20.2. The van der Waals surface area contributed by atoms with Gasteiger partial charge >= 0.3 is 0 Å². The van der Waals surface area contributed by atoms with E-state index in [4.69, 9.17) is 4.98 Å². The zero-order valence-corrected chi connectivity index (χ0v) is 22.5. The molecule has 1 fully saturated rings. The van der Waals surface area contributed by atoms with E-state index >= 15 is 0 Å². The molecule has 0 saturated heterocycles. The fourth-order valence-corrected chi connectivity index (χ4v) is 6.75. The van der Waals surface area contributed by atoms with E-state index in [9.17, 15) is 14.1 Å². The van der Waals surface area contributed by atoms with Gasteiger partial charge in [0.15, 0.2) is 0 Å². The second-order valence-electron chi connectivity index (χ2n) is 10.2. The molecule has 0 spiro atoms. The summed E-state index contributed by atoms with van der Waals surface area (Å²) in [6.45, 7) is 6.30. The van der Waals surface area contributed by atoms with Crippen molar-refractivity contribution < 1.29 is 14.1 Å². The maximum absolute atomic E-state index is 13.5. The number of nitrogens with one attached hydrogen (secondary N) is 1. The number of halogens is 1. The van der Waals surface area contributed by atoms with Gasteiger partial charge in [0.1, 0.15) is 16.7 Å². The van der Waals surface area contributed by atoms with Crippen molar-refractivity contribution in [1.82, 2.24) is 14.6 Å². The van der Waals surface area contributed by atoms with E-state index < -0.39 is 15.7 Å². The van der Waals surface area contributed by atoms with Crippen molar-refractivity contribution in [3.8, 4) is 11.3 Å². The maximum Gasteiger partial charge on any atom is 0.270 e. The molecule has 1 amide bonds. The lowest BCUT2D eigenvalue weighted by molar-refractivity contribution is 0.0922. The Morgan fingerprint density at radius 2 is 1.97 bits per heavy atom. The molecular weight excluding hydrogens is 514 g/mol. The summed E-state index contributed by atoms with van der Waals surface area (Å²) >= 11 is 3.55. The van der Waals surface area contributed by atoms with E-state index in [0.717, 1.165) is 52.5 Å². The molecule has 2 atom stereocenters. The van der Waals surface area contributed by atoms with Crippen LogP contribution in [-0.2, 0) is 17.5 Å². The smallest absolute Gasteiger partial charge is 0.270 e. The van der Waals surface area contributed by atoms with Gasteiger partial charge in [-0.2, -0.15) is 0 Å². The highest BCUT2D eigenvalue weighted by Gasteiger charge is 2.40. The highest BCUT2D eigenvalue weighted by atomic mass is 79.9. The van der Waals surface area contributed by atoms with Crippen LogP contribution in [0.15, 0.2) is 34.8 Å². The van der Waals surface area contributed by atoms with Crippen molar-refractivity contribution in [2.75, 3.05) is 6.61 Å². The summed E-state index contributed by atoms with van der Waals surface area (Å²) in [5.41, 5.74) is 3.92. The van der Waals surface area contributed by atoms with Crippen LogP contribution in [0.2, 0.25) is 0 Å². The maximum atomic E-state index is 13.5. The molecule has 8 heteroatoms. The van der Waals surface area contributed by atoms with Crippen LogP contribution >= 0.6 is 15.9 Å². The van der Waals surface area contributed by atoms with Gasteiger partial charge in [0.25, 0.3) is 5.91 Å². The largest absolute Gasteiger partial charge is 0.396 e. The monoisotopic (exact) mass is 547 g/mol. The van der Waals surface area contributed by atoms with Crippen LogP contribution in [0.4, 0.5) is 0 Å². The standard InChI is InChI=1S/C26H34BrN3O3S/c1-26(2,3)34(33)30-16-18-15-21(25(32)28-20-10-5-4-6-11-20)29-24(23(18)22(30)12-13-31)17-8-7-9-19(27)14-17/h7-9,14-15,20,22,31H,4-6,10-13,16H2,1-3H3,(H,28,32)/t22-,34-/m0/s1. The molecule has 2 aliphatic rings. The number of fused-ring (bicyclic) bond motifs is 1. The van der Waals surface area contributed by atoms with Crippen molar-refractivity contribution >= 4 is 32.8 Å². The van der Waals surface area contributed by atoms with Crippen LogP contribution in [0, 0.1) is 0 Å². The van der Waals surface area contributed by atoms with E-state index in [1.807, 2.05) is 55.4 Å². The third-order valence-corrected chi connectivity index (χ3v) is 8.91. The highest BCUT2D eigenvalue weighted by Crippen LogP contribution is 2.44. The van der Waals surface area contributed by atoms with Gasteiger partial charge in [-0.3, -0.25) is 4.79 Å². The number of pyridine rings is 1. The summed E-state index contributed by atoms with van der Waals surface area (Å²) in [5.74, 6) is -0.153. The second kappa shape index (κ2) is 10.6. The molecule has 184 valence electrons. The lowest BCUT2D eigenvalue weighted by Crippen LogP contribution is -2.36. The SMILES string of the molecule is CC(C)(C)[S@](=O)N1Cc2cc(C(=O)NC3CCCCC3)nc(-c3cccc(Br)c3)c2[C@@H]1CCO. The van der Waals surface area contributed by atoms with Crippen LogP contribution in [0.5, 0.6) is 0 Å². The van der Waals surface area contributed by atoms with Crippen molar-refractivity contribution in [3.63, 3.8) is 0 Å². The molecule has 34 heavy (non-hydrogen) atoms. The molecule has 6 nitrogen and oxygen atoms in total. The molecule has 4 rings (SSSR count). The second-order valence-corrected chi connectivity index (χ2v) is 13.3. The average molecular weight is 549 g/mol. The fraction of sp³-hybridized carbons (Fsp3) is 0.538. The van der Waals surface area contributed by atoms with Gasteiger partial charge in [0.2, 0.25) is 0 Å². The number of hydrogen-bond donors (Lipinski definition) is 2. The van der Waals surface area contributed by atoms with Crippen molar-refractivity contribution in [1.29, 1.82) is 0 Å². The molecule has 1 aliphatic heterocycles. The molecule has 1 aromatic carbocycles. The van der Waals surface area contributed by atoms with Gasteiger partial charge < -0.3 is 10.4 Å². The molecule has 1 aliphatic carbocycles. The number of aliphatic hydroxyl groups is 1. The number of aliphatic hydroxyl groups excluding tert-OH is 1. The summed E-state index contributed by atoms with van der Waals surface area (Å²) in [5, 5.41) is 13.1. The summed E-state index contributed by atoms with van der Waals surface area (Å²) in [6.07, 6.45) is 5.97. The van der Waals surface area contributed by atoms with E-state index in [2.05, 4.69) is 21.2 Å². The van der Waals surface area contributed by atoms with E-state index in [-0.39, 0.29) is 24.6 Å². The summed E-state index contributed by atoms with van der Waals surface area (Å²) in [4.78, 5) is 18.1. The first-order chi connectivity index (χ1) is 16.2. The Hall–Kier alpha value is -1.61. The minimum absolute atomic E-state index is 0.0240. The lowest BCUT2D eigenvalue weighted by Gasteiger charge is -2.30. The Kier molecular flexibility index (Phi) is 7.92. The third kappa shape index (κ3) is 5.45. The summed E-state index contributed by atoms with van der Waals surface area (Å²) in [6, 6.07) is 9.69. The highest BCUT2D eigenvalue weighted by molar-refractivity contribution is 9.10. The molecule has 1 aromatic heterocycles. The fourth-order valence-electron chi connectivity index (χ4n) is 4.95. The van der Waals surface area contributed by atoms with Crippen molar-refractivity contribution in [2.24, 2.45) is 0 Å². The minimum Gasteiger partial charge on any atom is -0.396 e. The van der Waals surface area contributed by atoms with E-state index in [1.54, 1.807) is 0 Å². The molecule has 0 bridgehead atoms. The quantitative estimate of drug-likeness (QED) is 0.515. The van der Waals surface area contributed by atoms with Gasteiger partial charge in [-0.15, -0.1) is 0 Å². The molecule has 0 radical (unpaired) electrons. The number of carbonyl (C=O) groups excluding carboxylic acids is 1. The summed E-state index contributed by atoms with van der Waals surface area (Å²) in [7, 11) is -1.28. The van der Waals surface area contributed by atoms with Gasteiger partial charge in [-0.1, -0.05) is 47.3 Å². The number of nitrogens with zero attached hydrogens (tertiary/aromatic N) is 2. The number of hydrogen-bond acceptors (Lipinski definition) is 4. The lowest BCUT2D eigenvalue weighted by atomic mass is 9.94. The molecule has 2 heterocycles. The van der Waals surface area contributed by atoms with Crippen LogP contribution in [0.25, 0.3) is 11.3 Å². The topological polar surface area (TPSA) is 82.5 Å². The van der Waals surface area contributed by atoms with E-state index in [1.165, 1.54) is 6.42 Å². The summed E-state index contributed by atoms with van der Waals surface area (Å²) < 4.78 is 15.9. The minimum atomic E-state index is -1.28.